The van der Waals surface area contributed by atoms with Crippen molar-refractivity contribution in [3.63, 3.8) is 0 Å². The molecule has 0 aliphatic heterocycles. The molecule has 0 amide bonds. The third kappa shape index (κ3) is 17.9. The maximum atomic E-state index is 10.2. The van der Waals surface area contributed by atoms with E-state index in [1.807, 2.05) is 0 Å². The van der Waals surface area contributed by atoms with E-state index in [1.165, 1.54) is 6.92 Å². The van der Waals surface area contributed by atoms with E-state index < -0.39 is 5.60 Å². The van der Waals surface area contributed by atoms with Gasteiger partial charge in [-0.25, -0.2) is 0 Å². The first kappa shape index (κ1) is 15.6. The number of hydrogen-bond donors (Lipinski definition) is 0. The van der Waals surface area contributed by atoms with Gasteiger partial charge in [-0.3, -0.25) is 4.79 Å². The molecule has 0 aromatic rings. The van der Waals surface area contributed by atoms with Gasteiger partial charge >= 0.3 is 0 Å². The van der Waals surface area contributed by atoms with E-state index in [0.717, 1.165) is 0 Å². The minimum atomic E-state index is -0.828. The molecule has 0 rings (SSSR count). The number of ether oxygens (including phenoxy) is 1. The van der Waals surface area contributed by atoms with Crippen LogP contribution in [-0.4, -0.2) is 11.6 Å². The van der Waals surface area contributed by atoms with Crippen LogP contribution in [0.15, 0.2) is 0 Å². The minimum Gasteiger partial charge on any atom is -0.525 e. The molecule has 0 saturated heterocycles. The van der Waals surface area contributed by atoms with Gasteiger partial charge in [-0.2, -0.15) is 0 Å². The average Bonchev–Trinajstić information content (AvgIpc) is 1.21. The van der Waals surface area contributed by atoms with Gasteiger partial charge in [-0.15, -0.1) is 5.60 Å². The van der Waals surface area contributed by atoms with Crippen molar-refractivity contribution in [3.05, 3.63) is 13.8 Å². The molecule has 10 heavy (non-hydrogen) atoms. The Morgan fingerprint density at radius 1 is 1.40 bits per heavy atom. The molecule has 4 heteroatoms. The van der Waals surface area contributed by atoms with Gasteiger partial charge in [0.05, 0.1) is 0 Å². The van der Waals surface area contributed by atoms with Crippen LogP contribution < -0.4 is 0 Å². The van der Waals surface area contributed by atoms with E-state index >= 15 is 0 Å². The maximum Gasteiger partial charge on any atom is 0.298 e. The van der Waals surface area contributed by atoms with Crippen molar-refractivity contribution in [1.29, 1.82) is 0 Å². The number of carbonyl (C=O) groups excluding carboxylic acids is 1. The third-order valence-electron chi connectivity index (χ3n) is 0.390. The fourth-order valence-corrected chi connectivity index (χ4v) is 0.347. The van der Waals surface area contributed by atoms with E-state index in [0.29, 0.717) is 0 Å². The smallest absolute Gasteiger partial charge is 0.298 e. The molecule has 0 fully saturated rings. The van der Waals surface area contributed by atoms with Crippen LogP contribution >= 0.6 is 0 Å². The summed E-state index contributed by atoms with van der Waals surface area (Å²) >= 11 is 0. The van der Waals surface area contributed by atoms with Crippen molar-refractivity contribution in [2.75, 3.05) is 0 Å². The summed E-state index contributed by atoms with van der Waals surface area (Å²) in [4.78, 5) is 10.2. The zero-order valence-electron chi connectivity index (χ0n) is 6.64. The second-order valence-electron chi connectivity index (χ2n) is 2.04. The SMILES string of the molecule is [CH2-]C([CH2-])(C)OC(C)=O.[Rf].[Rf]. The zero-order valence-corrected chi connectivity index (χ0v) is 19.4. The van der Waals surface area contributed by atoms with Crippen LogP contribution in [0.3, 0.4) is 0 Å². The molecule has 0 N–H and O–H groups in total. The molecule has 0 spiro atoms. The Hall–Kier alpha value is -2.53. The number of esters is 1. The summed E-state index contributed by atoms with van der Waals surface area (Å²) in [7, 11) is 0. The van der Waals surface area contributed by atoms with Gasteiger partial charge in [0.1, 0.15) is 0 Å². The van der Waals surface area contributed by atoms with Gasteiger partial charge in [0.2, 0.25) is 0 Å². The summed E-state index contributed by atoms with van der Waals surface area (Å²) < 4.78 is 4.58. The molecule has 52 valence electrons. The molecule has 0 unspecified atom stereocenters. The number of hydrogen-bond acceptors (Lipinski definition) is 2. The standard InChI is InChI=1S/C6H10O2.2Rf/c1-5(7)8-6(2,3)4;;/h2-3H2,1,4H3;;/q-2;;. The van der Waals surface area contributed by atoms with Crippen molar-refractivity contribution in [3.8, 4) is 0 Å². The molecule has 0 heterocycles. The Bertz CT molecular complexity index is 96.4. The van der Waals surface area contributed by atoms with Crippen LogP contribution in [0, 0.1) is 13.8 Å². The Kier molecular flexibility index (Phi) is 5.43. The van der Waals surface area contributed by atoms with E-state index in [-0.39, 0.29) is 5.97 Å². The Labute approximate surface area is 49.8 Å². The second kappa shape index (κ2) is 3.47. The Morgan fingerprint density at radius 2 is 1.70 bits per heavy atom. The molecule has 0 aromatic carbocycles. The predicted octanol–water partition coefficient (Wildman–Crippen LogP) is 0.976. The van der Waals surface area contributed by atoms with E-state index in [1.54, 1.807) is 6.92 Å². The van der Waals surface area contributed by atoms with Crippen LogP contribution in [0.1, 0.15) is 13.8 Å². The average molecular weight is 648 g/mol. The number of rotatable bonds is 1. The van der Waals surface area contributed by atoms with Gasteiger partial charge < -0.3 is 18.6 Å². The zero-order chi connectivity index (χ0) is 6.78. The normalized spacial score (nSPS) is 8.80. The Morgan fingerprint density at radius 3 is 1.70 bits per heavy atom. The number of carbonyl (C=O) groups is 1. The van der Waals surface area contributed by atoms with Gasteiger partial charge in [0, 0.05) is 6.92 Å². The Balaban J connectivity index is -0.000000245. The van der Waals surface area contributed by atoms with Gasteiger partial charge in [-0.05, 0) is 0 Å². The maximum absolute atomic E-state index is 10.2. The van der Waals surface area contributed by atoms with Crippen molar-refractivity contribution in [2.24, 2.45) is 0 Å². The first-order valence-electron chi connectivity index (χ1n) is 2.32. The van der Waals surface area contributed by atoms with Crippen molar-refractivity contribution >= 4 is 5.97 Å². The van der Waals surface area contributed by atoms with E-state index in [9.17, 15) is 4.79 Å². The fraction of sp³-hybridized carbons (Fsp3) is 0.500. The molecule has 0 aliphatic carbocycles. The minimum absolute atomic E-state index is 0. The predicted molar refractivity (Wildman–Crippen MR) is 30.9 cm³/mol. The van der Waals surface area contributed by atoms with Crippen molar-refractivity contribution in [1.82, 2.24) is 0 Å². The molecular formula is C6H10O2Rf2-2. The molecule has 0 saturated carbocycles. The summed E-state index contributed by atoms with van der Waals surface area (Å²) in [6, 6.07) is 0. The molecule has 0 aromatic heterocycles. The van der Waals surface area contributed by atoms with E-state index in [4.69, 9.17) is 0 Å². The van der Waals surface area contributed by atoms with Gasteiger partial charge in [0.25, 0.3) is 5.97 Å². The van der Waals surface area contributed by atoms with Crippen LogP contribution in [0.5, 0.6) is 0 Å². The first-order valence-corrected chi connectivity index (χ1v) is 2.32. The summed E-state index contributed by atoms with van der Waals surface area (Å²) in [5.41, 5.74) is -0.828. The molecular weight excluding hydrogens is 638 g/mol. The first-order chi connectivity index (χ1) is 3.42. The molecule has 0 bridgehead atoms. The summed E-state index contributed by atoms with van der Waals surface area (Å²) in [6.07, 6.45) is 0. The summed E-state index contributed by atoms with van der Waals surface area (Å²) in [5, 5.41) is 0. The van der Waals surface area contributed by atoms with Gasteiger partial charge in [0.15, 0.2) is 0 Å². The van der Waals surface area contributed by atoms with Crippen molar-refractivity contribution in [2.45, 2.75) is 19.4 Å². The quantitative estimate of drug-likeness (QED) is 0.314. The fourth-order valence-electron chi connectivity index (χ4n) is 0.347. The summed E-state index contributed by atoms with van der Waals surface area (Å²) in [6.45, 7) is 9.86. The third-order valence-corrected chi connectivity index (χ3v) is 0.390. The van der Waals surface area contributed by atoms with Crippen LogP contribution in [0.25, 0.3) is 0 Å². The molecule has 0 atom stereocenters. The van der Waals surface area contributed by atoms with Gasteiger partial charge in [-0.1, -0.05) is 6.92 Å². The van der Waals surface area contributed by atoms with E-state index in [2.05, 4.69) is 18.6 Å². The largest absolute Gasteiger partial charge is 0.525 e. The van der Waals surface area contributed by atoms with Crippen molar-refractivity contribution < 1.29 is 9.53 Å². The topological polar surface area (TPSA) is 26.3 Å². The van der Waals surface area contributed by atoms with Crippen LogP contribution in [0.4, 0.5) is 0 Å². The van der Waals surface area contributed by atoms with Crippen LogP contribution in [-0.2, 0) is 9.53 Å². The summed E-state index contributed by atoms with van der Waals surface area (Å²) in [5.74, 6) is -0.350. The molecule has 0 aliphatic rings. The molecule has 2 nitrogen and oxygen atoms in total. The second-order valence-corrected chi connectivity index (χ2v) is 2.04. The monoisotopic (exact) mass is 648 g/mol. The molecule has 0 radical (unpaired) electrons. The van der Waals surface area contributed by atoms with Crippen LogP contribution in [0.2, 0.25) is 0 Å².